The molecule has 2 heterocycles. The van der Waals surface area contributed by atoms with Crippen LogP contribution in [0.5, 0.6) is 0 Å². The lowest BCUT2D eigenvalue weighted by molar-refractivity contribution is 0.673. The number of thiophene rings is 1. The van der Waals surface area contributed by atoms with Crippen LogP contribution in [0.1, 0.15) is 0 Å². The van der Waals surface area contributed by atoms with E-state index in [-0.39, 0.29) is 0 Å². The summed E-state index contributed by atoms with van der Waals surface area (Å²) in [5.41, 5.74) is 7.49. The lowest BCUT2D eigenvalue weighted by atomic mass is 9.96. The van der Waals surface area contributed by atoms with Crippen molar-refractivity contribution in [2.75, 3.05) is 4.90 Å². The average Bonchev–Trinajstić information content (AvgIpc) is 3.76. The van der Waals surface area contributed by atoms with Crippen molar-refractivity contribution in [2.24, 2.45) is 0 Å². The van der Waals surface area contributed by atoms with Gasteiger partial charge in [-0.3, -0.25) is 0 Å². The van der Waals surface area contributed by atoms with Gasteiger partial charge in [0.1, 0.15) is 11.2 Å². The molecule has 0 bridgehead atoms. The quantitative estimate of drug-likeness (QED) is 0.186. The second-order valence-corrected chi connectivity index (χ2v) is 14.4. The van der Waals surface area contributed by atoms with E-state index in [1.54, 1.807) is 0 Å². The van der Waals surface area contributed by atoms with Crippen molar-refractivity contribution in [2.45, 2.75) is 0 Å². The molecular formula is C48H29NOS. The lowest BCUT2D eigenvalue weighted by Gasteiger charge is -2.28. The highest BCUT2D eigenvalue weighted by atomic mass is 32.1. The largest absolute Gasteiger partial charge is 0.455 e. The van der Waals surface area contributed by atoms with Gasteiger partial charge in [-0.1, -0.05) is 121 Å². The third kappa shape index (κ3) is 4.42. The first-order chi connectivity index (χ1) is 25.3. The number of anilines is 3. The highest BCUT2D eigenvalue weighted by Gasteiger charge is 2.22. The Balaban J connectivity index is 1.22. The summed E-state index contributed by atoms with van der Waals surface area (Å²) < 4.78 is 9.44. The van der Waals surface area contributed by atoms with Crippen molar-refractivity contribution < 1.29 is 4.42 Å². The molecule has 11 aromatic rings. The predicted molar refractivity (Wildman–Crippen MR) is 219 cm³/mol. The minimum Gasteiger partial charge on any atom is -0.455 e. The van der Waals surface area contributed by atoms with E-state index < -0.39 is 0 Å². The van der Waals surface area contributed by atoms with Crippen LogP contribution in [0.4, 0.5) is 17.1 Å². The fourth-order valence-corrected chi connectivity index (χ4v) is 9.09. The van der Waals surface area contributed by atoms with Crippen LogP contribution < -0.4 is 4.90 Å². The fraction of sp³-hybridized carbons (Fsp3) is 0. The van der Waals surface area contributed by atoms with Crippen molar-refractivity contribution in [3.05, 3.63) is 176 Å². The molecule has 3 heteroatoms. The summed E-state index contributed by atoms with van der Waals surface area (Å²) in [6.07, 6.45) is 0. The standard InChI is InChI=1S/C48H29NOS/c1-3-12-32-26-35(23-20-30(32)10-1)49(36-24-21-31-11-2-4-13-33(31)27-36)43-29-42-47-37(17-9-18-44(47)50-48(42)40-16-6-5-14-38(40)43)34-22-25-46-41(28-34)39-15-7-8-19-45(39)51-46/h1-29H. The number of rotatable bonds is 4. The average molecular weight is 668 g/mol. The van der Waals surface area contributed by atoms with Crippen molar-refractivity contribution in [3.8, 4) is 11.1 Å². The Morgan fingerprint density at radius 2 is 1.04 bits per heavy atom. The van der Waals surface area contributed by atoms with Crippen molar-refractivity contribution in [1.29, 1.82) is 0 Å². The number of nitrogens with zero attached hydrogens (tertiary/aromatic N) is 1. The number of hydrogen-bond donors (Lipinski definition) is 0. The minimum absolute atomic E-state index is 0.892. The Morgan fingerprint density at radius 1 is 0.412 bits per heavy atom. The normalized spacial score (nSPS) is 11.9. The maximum atomic E-state index is 6.82. The van der Waals surface area contributed by atoms with Gasteiger partial charge in [-0.2, -0.15) is 0 Å². The minimum atomic E-state index is 0.892. The molecule has 2 aromatic heterocycles. The van der Waals surface area contributed by atoms with Gasteiger partial charge in [0.25, 0.3) is 0 Å². The molecule has 238 valence electrons. The summed E-state index contributed by atoms with van der Waals surface area (Å²) in [6.45, 7) is 0. The van der Waals surface area contributed by atoms with Crippen LogP contribution in [0.15, 0.2) is 180 Å². The van der Waals surface area contributed by atoms with Gasteiger partial charge in [-0.05, 0) is 87.3 Å². The van der Waals surface area contributed by atoms with Gasteiger partial charge in [0, 0.05) is 53.1 Å². The SMILES string of the molecule is c1ccc2cc(N(c3ccc4ccccc4c3)c3cc4c(oc5cccc(-c6ccc7sc8ccccc8c7c6)c54)c4ccccc34)ccc2c1. The van der Waals surface area contributed by atoms with Crippen molar-refractivity contribution in [1.82, 2.24) is 0 Å². The summed E-state index contributed by atoms with van der Waals surface area (Å²) >= 11 is 1.85. The molecule has 0 saturated heterocycles. The molecule has 0 spiro atoms. The van der Waals surface area contributed by atoms with Crippen LogP contribution in [-0.2, 0) is 0 Å². The second kappa shape index (κ2) is 11.0. The zero-order valence-electron chi connectivity index (χ0n) is 27.5. The van der Waals surface area contributed by atoms with E-state index in [2.05, 4.69) is 181 Å². The second-order valence-electron chi connectivity index (χ2n) is 13.3. The molecule has 0 fully saturated rings. The van der Waals surface area contributed by atoms with Gasteiger partial charge in [0.05, 0.1) is 5.69 Å². The molecule has 11 rings (SSSR count). The van der Waals surface area contributed by atoms with Gasteiger partial charge in [0.2, 0.25) is 0 Å². The first-order valence-electron chi connectivity index (χ1n) is 17.3. The summed E-state index contributed by atoms with van der Waals surface area (Å²) in [5.74, 6) is 0. The Hall–Kier alpha value is -6.42. The molecular weight excluding hydrogens is 639 g/mol. The van der Waals surface area contributed by atoms with Gasteiger partial charge in [-0.25, -0.2) is 0 Å². The molecule has 0 aliphatic carbocycles. The van der Waals surface area contributed by atoms with Crippen LogP contribution in [0.25, 0.3) is 85.6 Å². The van der Waals surface area contributed by atoms with E-state index in [0.29, 0.717) is 0 Å². The maximum absolute atomic E-state index is 6.82. The van der Waals surface area contributed by atoms with E-state index in [4.69, 9.17) is 4.42 Å². The van der Waals surface area contributed by atoms with Crippen LogP contribution >= 0.6 is 11.3 Å². The molecule has 0 saturated carbocycles. The van der Waals surface area contributed by atoms with Gasteiger partial charge in [-0.15, -0.1) is 11.3 Å². The zero-order chi connectivity index (χ0) is 33.5. The number of hydrogen-bond acceptors (Lipinski definition) is 3. The van der Waals surface area contributed by atoms with Gasteiger partial charge >= 0.3 is 0 Å². The van der Waals surface area contributed by atoms with Crippen LogP contribution in [0.2, 0.25) is 0 Å². The predicted octanol–water partition coefficient (Wildman–Crippen LogP) is 14.6. The number of furan rings is 1. The number of fused-ring (bicyclic) bond motifs is 10. The molecule has 0 atom stereocenters. The van der Waals surface area contributed by atoms with Crippen LogP contribution in [0.3, 0.4) is 0 Å². The molecule has 0 radical (unpaired) electrons. The molecule has 2 nitrogen and oxygen atoms in total. The van der Waals surface area contributed by atoms with E-state index in [9.17, 15) is 0 Å². The summed E-state index contributed by atoms with van der Waals surface area (Å²) in [6, 6.07) is 63.9. The Kier molecular flexibility index (Phi) is 6.16. The zero-order valence-corrected chi connectivity index (χ0v) is 28.3. The fourth-order valence-electron chi connectivity index (χ4n) is 8.01. The molecule has 51 heavy (non-hydrogen) atoms. The molecule has 0 N–H and O–H groups in total. The monoisotopic (exact) mass is 667 g/mol. The summed E-state index contributed by atoms with van der Waals surface area (Å²) in [7, 11) is 0. The molecule has 0 aliphatic rings. The molecule has 0 aliphatic heterocycles. The summed E-state index contributed by atoms with van der Waals surface area (Å²) in [5, 5.41) is 11.9. The van der Waals surface area contributed by atoms with E-state index in [1.165, 1.54) is 52.8 Å². The van der Waals surface area contributed by atoms with E-state index in [0.717, 1.165) is 49.8 Å². The Morgan fingerprint density at radius 3 is 1.78 bits per heavy atom. The third-order valence-electron chi connectivity index (χ3n) is 10.4. The van der Waals surface area contributed by atoms with Crippen LogP contribution in [0, 0.1) is 0 Å². The highest BCUT2D eigenvalue weighted by molar-refractivity contribution is 7.25. The number of benzene rings is 9. The lowest BCUT2D eigenvalue weighted by Crippen LogP contribution is -2.10. The Bertz CT molecular complexity index is 3090. The highest BCUT2D eigenvalue weighted by Crippen LogP contribution is 2.47. The smallest absolute Gasteiger partial charge is 0.143 e. The first kappa shape index (κ1) is 28.4. The van der Waals surface area contributed by atoms with Crippen molar-refractivity contribution in [3.63, 3.8) is 0 Å². The molecule has 0 amide bonds. The molecule has 0 unspecified atom stereocenters. The van der Waals surface area contributed by atoms with Crippen molar-refractivity contribution >= 4 is 103 Å². The molecule has 9 aromatic carbocycles. The van der Waals surface area contributed by atoms with Crippen LogP contribution in [-0.4, -0.2) is 0 Å². The Labute approximate surface area is 298 Å². The van der Waals surface area contributed by atoms with E-state index in [1.807, 2.05) is 11.3 Å². The maximum Gasteiger partial charge on any atom is 0.143 e. The topological polar surface area (TPSA) is 16.4 Å². The van der Waals surface area contributed by atoms with Gasteiger partial charge < -0.3 is 9.32 Å². The first-order valence-corrected chi connectivity index (χ1v) is 18.1. The third-order valence-corrected chi connectivity index (χ3v) is 11.5. The summed E-state index contributed by atoms with van der Waals surface area (Å²) in [4.78, 5) is 2.42. The van der Waals surface area contributed by atoms with E-state index >= 15 is 0 Å². The van der Waals surface area contributed by atoms with Gasteiger partial charge in [0.15, 0.2) is 0 Å².